The van der Waals surface area contributed by atoms with Crippen LogP contribution < -0.4 is 10.2 Å². The average molecular weight is 454 g/mol. The van der Waals surface area contributed by atoms with Crippen LogP contribution in [0.1, 0.15) is 17.4 Å². The third-order valence-electron chi connectivity index (χ3n) is 5.58. The van der Waals surface area contributed by atoms with E-state index in [1.165, 1.54) is 35.4 Å². The number of anilines is 3. The number of carbonyl (C=O) groups is 2. The van der Waals surface area contributed by atoms with Gasteiger partial charge in [-0.3, -0.25) is 14.5 Å². The van der Waals surface area contributed by atoms with Crippen LogP contribution in [0.15, 0.2) is 107 Å². The number of para-hydroxylation sites is 1. The molecule has 5 rings (SSSR count). The van der Waals surface area contributed by atoms with Gasteiger partial charge in [0.25, 0.3) is 11.7 Å². The lowest BCUT2D eigenvalue weighted by Gasteiger charge is -2.23. The Bertz CT molecular complexity index is 1360. The van der Waals surface area contributed by atoms with Crippen molar-refractivity contribution in [3.05, 3.63) is 120 Å². The average Bonchev–Trinajstić information content (AvgIpc) is 3.47. The first-order chi connectivity index (χ1) is 16.5. The number of nitrogens with zero attached hydrogens (tertiary/aromatic N) is 1. The van der Waals surface area contributed by atoms with Crippen LogP contribution in [-0.2, 0) is 9.59 Å². The third-order valence-corrected chi connectivity index (χ3v) is 5.58. The number of hydrogen-bond acceptors (Lipinski definition) is 5. The molecule has 2 N–H and O–H groups in total. The summed E-state index contributed by atoms with van der Waals surface area (Å²) in [7, 11) is 0. The Labute approximate surface area is 194 Å². The topological polar surface area (TPSA) is 82.8 Å². The highest BCUT2D eigenvalue weighted by Gasteiger charge is 2.48. The number of carbonyl (C=O) groups excluding carboxylic acids is 2. The molecule has 1 amide bonds. The van der Waals surface area contributed by atoms with Crippen molar-refractivity contribution in [3.63, 3.8) is 0 Å². The summed E-state index contributed by atoms with van der Waals surface area (Å²) in [4.78, 5) is 27.4. The fourth-order valence-electron chi connectivity index (χ4n) is 3.97. The molecule has 1 unspecified atom stereocenters. The van der Waals surface area contributed by atoms with Crippen molar-refractivity contribution in [3.8, 4) is 0 Å². The van der Waals surface area contributed by atoms with Crippen LogP contribution >= 0.6 is 0 Å². The minimum Gasteiger partial charge on any atom is -0.507 e. The maximum absolute atomic E-state index is 13.4. The number of rotatable bonds is 5. The van der Waals surface area contributed by atoms with Crippen molar-refractivity contribution in [2.24, 2.45) is 0 Å². The summed E-state index contributed by atoms with van der Waals surface area (Å²) < 4.78 is 18.9. The van der Waals surface area contributed by atoms with Crippen LogP contribution in [0.2, 0.25) is 0 Å². The largest absolute Gasteiger partial charge is 0.507 e. The molecule has 1 fully saturated rings. The molecule has 1 aromatic heterocycles. The summed E-state index contributed by atoms with van der Waals surface area (Å²) in [6.07, 6.45) is 1.43. The Morgan fingerprint density at radius 3 is 2.18 bits per heavy atom. The summed E-state index contributed by atoms with van der Waals surface area (Å²) >= 11 is 0. The fourth-order valence-corrected chi connectivity index (χ4v) is 3.97. The van der Waals surface area contributed by atoms with Gasteiger partial charge < -0.3 is 14.8 Å². The lowest BCUT2D eigenvalue weighted by Crippen LogP contribution is -2.29. The normalized spacial score (nSPS) is 17.2. The highest BCUT2D eigenvalue weighted by Crippen LogP contribution is 2.42. The second kappa shape index (κ2) is 8.71. The van der Waals surface area contributed by atoms with Gasteiger partial charge in [-0.2, -0.15) is 0 Å². The molecule has 1 aliphatic heterocycles. The van der Waals surface area contributed by atoms with Crippen LogP contribution in [-0.4, -0.2) is 16.8 Å². The highest BCUT2D eigenvalue weighted by atomic mass is 19.1. The van der Waals surface area contributed by atoms with Crippen LogP contribution in [0.25, 0.3) is 5.76 Å². The molecule has 3 aromatic carbocycles. The zero-order valence-electron chi connectivity index (χ0n) is 17.8. The van der Waals surface area contributed by atoms with Gasteiger partial charge >= 0.3 is 0 Å². The van der Waals surface area contributed by atoms with Crippen LogP contribution in [0.4, 0.5) is 21.5 Å². The molecule has 1 saturated heterocycles. The highest BCUT2D eigenvalue weighted by molar-refractivity contribution is 6.51. The summed E-state index contributed by atoms with van der Waals surface area (Å²) in [6.45, 7) is 0. The number of benzene rings is 3. The summed E-state index contributed by atoms with van der Waals surface area (Å²) in [5.41, 5.74) is 2.26. The van der Waals surface area contributed by atoms with Gasteiger partial charge in [-0.15, -0.1) is 0 Å². The molecule has 0 saturated carbocycles. The number of halogens is 1. The Kier molecular flexibility index (Phi) is 5.43. The standard InChI is InChI=1S/C27H19FN2O4/c28-18-10-8-17(9-11-18)25(31)23-24(22-7-4-16-34-22)30(27(33)26(23)32)21-14-12-20(13-15-21)29-19-5-2-1-3-6-19/h1-16,24,29,31H/b25-23-. The Balaban J connectivity index is 1.55. The van der Waals surface area contributed by atoms with Crippen molar-refractivity contribution in [1.82, 2.24) is 0 Å². The van der Waals surface area contributed by atoms with Gasteiger partial charge in [-0.05, 0) is 72.8 Å². The zero-order chi connectivity index (χ0) is 23.7. The predicted octanol–water partition coefficient (Wildman–Crippen LogP) is 5.79. The number of amides is 1. The van der Waals surface area contributed by atoms with E-state index in [9.17, 15) is 19.1 Å². The Morgan fingerprint density at radius 1 is 0.853 bits per heavy atom. The zero-order valence-corrected chi connectivity index (χ0v) is 17.8. The van der Waals surface area contributed by atoms with Crippen molar-refractivity contribution in [2.45, 2.75) is 6.04 Å². The van der Waals surface area contributed by atoms with E-state index in [4.69, 9.17) is 4.42 Å². The smallest absolute Gasteiger partial charge is 0.300 e. The summed E-state index contributed by atoms with van der Waals surface area (Å²) in [6, 6.07) is 24.0. The van der Waals surface area contributed by atoms with Gasteiger partial charge in [-0.1, -0.05) is 18.2 Å². The number of furan rings is 1. The van der Waals surface area contributed by atoms with Crippen molar-refractivity contribution in [1.29, 1.82) is 0 Å². The SMILES string of the molecule is O=C1C(=O)N(c2ccc(Nc3ccccc3)cc2)C(c2ccco2)/C1=C(/O)c1ccc(F)cc1. The molecule has 0 bridgehead atoms. The van der Waals surface area contributed by atoms with Gasteiger partial charge in [0.1, 0.15) is 23.4 Å². The first kappa shape index (κ1) is 21.2. The number of ketones is 1. The molecular formula is C27H19FN2O4. The van der Waals surface area contributed by atoms with Gasteiger partial charge in [-0.25, -0.2) is 4.39 Å². The molecule has 2 heterocycles. The number of nitrogens with one attached hydrogen (secondary N) is 1. The van der Waals surface area contributed by atoms with Crippen molar-refractivity contribution in [2.75, 3.05) is 10.2 Å². The van der Waals surface area contributed by atoms with Crippen molar-refractivity contribution >= 4 is 34.5 Å². The molecule has 1 aliphatic rings. The fraction of sp³-hybridized carbons (Fsp3) is 0.0370. The van der Waals surface area contributed by atoms with Crippen LogP contribution in [0.5, 0.6) is 0 Å². The lowest BCUT2D eigenvalue weighted by atomic mass is 9.99. The monoisotopic (exact) mass is 454 g/mol. The van der Waals surface area contributed by atoms with Gasteiger partial charge in [0, 0.05) is 22.6 Å². The second-order valence-corrected chi connectivity index (χ2v) is 7.73. The Morgan fingerprint density at radius 2 is 1.53 bits per heavy atom. The van der Waals surface area contributed by atoms with E-state index in [1.807, 2.05) is 30.3 Å². The minimum absolute atomic E-state index is 0.127. The molecule has 7 heteroatoms. The number of aliphatic hydroxyl groups is 1. The molecule has 0 spiro atoms. The van der Waals surface area contributed by atoms with E-state index in [0.717, 1.165) is 11.4 Å². The van der Waals surface area contributed by atoms with E-state index in [2.05, 4.69) is 5.32 Å². The van der Waals surface area contributed by atoms with Crippen LogP contribution in [0, 0.1) is 5.82 Å². The quantitative estimate of drug-likeness (QED) is 0.227. The van der Waals surface area contributed by atoms with E-state index >= 15 is 0 Å². The number of Topliss-reactive ketones (excluding diaryl/α,β-unsaturated/α-hetero) is 1. The minimum atomic E-state index is -0.979. The molecule has 1 atom stereocenters. The van der Waals surface area contributed by atoms with E-state index in [1.54, 1.807) is 36.4 Å². The van der Waals surface area contributed by atoms with E-state index < -0.39 is 29.3 Å². The van der Waals surface area contributed by atoms with E-state index in [0.29, 0.717) is 11.4 Å². The maximum Gasteiger partial charge on any atom is 0.300 e. The molecule has 34 heavy (non-hydrogen) atoms. The van der Waals surface area contributed by atoms with Crippen molar-refractivity contribution < 1.29 is 23.5 Å². The third kappa shape index (κ3) is 3.84. The summed E-state index contributed by atoms with van der Waals surface area (Å²) in [5, 5.41) is 14.2. The van der Waals surface area contributed by atoms with Gasteiger partial charge in [0.15, 0.2) is 0 Å². The molecule has 6 nitrogen and oxygen atoms in total. The maximum atomic E-state index is 13.4. The molecule has 0 aliphatic carbocycles. The number of aliphatic hydroxyl groups excluding tert-OH is 1. The lowest BCUT2D eigenvalue weighted by molar-refractivity contribution is -0.132. The Hall–Kier alpha value is -4.65. The first-order valence-corrected chi connectivity index (χ1v) is 10.6. The molecule has 168 valence electrons. The predicted molar refractivity (Wildman–Crippen MR) is 126 cm³/mol. The molecule has 4 aromatic rings. The van der Waals surface area contributed by atoms with Gasteiger partial charge in [0.05, 0.1) is 11.8 Å². The second-order valence-electron chi connectivity index (χ2n) is 7.73. The first-order valence-electron chi connectivity index (χ1n) is 10.6. The number of hydrogen-bond donors (Lipinski definition) is 2. The van der Waals surface area contributed by atoms with Gasteiger partial charge in [0.2, 0.25) is 0 Å². The molecular weight excluding hydrogens is 435 g/mol. The van der Waals surface area contributed by atoms with E-state index in [-0.39, 0.29) is 11.1 Å². The summed E-state index contributed by atoms with van der Waals surface area (Å²) in [5.74, 6) is -2.22. The molecule has 0 radical (unpaired) electrons. The van der Waals surface area contributed by atoms with Crippen LogP contribution in [0.3, 0.4) is 0 Å².